The van der Waals surface area contributed by atoms with Gasteiger partial charge in [-0.1, -0.05) is 0 Å². The van der Waals surface area contributed by atoms with Crippen LogP contribution in [-0.4, -0.2) is 50.5 Å². The lowest BCUT2D eigenvalue weighted by atomic mass is 10.1. The van der Waals surface area contributed by atoms with E-state index in [4.69, 9.17) is 5.73 Å². The van der Waals surface area contributed by atoms with E-state index < -0.39 is 9.84 Å². The third-order valence-corrected chi connectivity index (χ3v) is 4.73. The summed E-state index contributed by atoms with van der Waals surface area (Å²) in [6.07, 6.45) is 2.84. The van der Waals surface area contributed by atoms with E-state index in [2.05, 4.69) is 11.8 Å². The van der Waals surface area contributed by atoms with E-state index in [1.807, 2.05) is 0 Å². The number of hydrogen-bond acceptors (Lipinski definition) is 4. The molecule has 1 atom stereocenters. The van der Waals surface area contributed by atoms with Gasteiger partial charge in [-0.15, -0.1) is 0 Å². The molecule has 4 nitrogen and oxygen atoms in total. The Morgan fingerprint density at radius 3 is 2.29 bits per heavy atom. The summed E-state index contributed by atoms with van der Waals surface area (Å²) in [5.41, 5.74) is 5.56. The third-order valence-electron chi connectivity index (χ3n) is 3.05. The number of hydrogen-bond donors (Lipinski definition) is 1. The average molecular weight is 220 g/mol. The second-order valence-electron chi connectivity index (χ2n) is 4.15. The van der Waals surface area contributed by atoms with Crippen LogP contribution in [0, 0.1) is 0 Å². The van der Waals surface area contributed by atoms with Gasteiger partial charge in [0.15, 0.2) is 0 Å². The van der Waals surface area contributed by atoms with Gasteiger partial charge in [0, 0.05) is 18.8 Å². The predicted molar refractivity (Wildman–Crippen MR) is 58.0 cm³/mol. The van der Waals surface area contributed by atoms with Crippen LogP contribution in [-0.2, 0) is 9.84 Å². The van der Waals surface area contributed by atoms with E-state index in [0.29, 0.717) is 12.6 Å². The molecule has 0 radical (unpaired) electrons. The number of piperidine rings is 1. The van der Waals surface area contributed by atoms with Gasteiger partial charge in [0.2, 0.25) is 0 Å². The van der Waals surface area contributed by atoms with E-state index in [1.165, 1.54) is 6.26 Å². The minimum absolute atomic E-state index is 0.135. The first-order chi connectivity index (χ1) is 6.45. The second kappa shape index (κ2) is 4.59. The molecule has 1 unspecified atom stereocenters. The number of rotatable bonds is 3. The van der Waals surface area contributed by atoms with Gasteiger partial charge in [-0.05, 0) is 32.9 Å². The molecule has 14 heavy (non-hydrogen) atoms. The fraction of sp³-hybridized carbons (Fsp3) is 1.00. The van der Waals surface area contributed by atoms with Gasteiger partial charge in [0.25, 0.3) is 0 Å². The minimum atomic E-state index is -2.84. The van der Waals surface area contributed by atoms with Crippen LogP contribution in [0.5, 0.6) is 0 Å². The Bertz CT molecular complexity index is 269. The molecule has 0 aliphatic carbocycles. The van der Waals surface area contributed by atoms with Crippen molar-refractivity contribution in [3.05, 3.63) is 0 Å². The molecule has 2 N–H and O–H groups in total. The molecule has 0 aromatic carbocycles. The van der Waals surface area contributed by atoms with Gasteiger partial charge in [0.05, 0.1) is 5.25 Å². The Kier molecular flexibility index (Phi) is 3.92. The van der Waals surface area contributed by atoms with Crippen LogP contribution in [0.2, 0.25) is 0 Å². The lowest BCUT2D eigenvalue weighted by Gasteiger charge is -2.34. The highest BCUT2D eigenvalue weighted by atomic mass is 32.2. The molecule has 0 amide bonds. The number of likely N-dealkylation sites (tertiary alicyclic amines) is 1. The summed E-state index contributed by atoms with van der Waals surface area (Å²) in [5, 5.41) is -0.135. The molecule has 1 aliphatic rings. The van der Waals surface area contributed by atoms with Crippen LogP contribution in [0.25, 0.3) is 0 Å². The average Bonchev–Trinajstić information content (AvgIpc) is 2.15. The second-order valence-corrected chi connectivity index (χ2v) is 6.48. The largest absolute Gasteiger partial charge is 0.329 e. The molecule has 0 bridgehead atoms. The van der Waals surface area contributed by atoms with Crippen molar-refractivity contribution in [3.63, 3.8) is 0 Å². The Balaban J connectivity index is 2.47. The highest BCUT2D eigenvalue weighted by Crippen LogP contribution is 2.18. The molecule has 0 aromatic heterocycles. The number of nitrogens with zero attached hydrogens (tertiary/aromatic N) is 1. The minimum Gasteiger partial charge on any atom is -0.329 e. The van der Waals surface area contributed by atoms with Gasteiger partial charge in [-0.3, -0.25) is 4.90 Å². The van der Waals surface area contributed by atoms with Crippen molar-refractivity contribution >= 4 is 9.84 Å². The van der Waals surface area contributed by atoms with E-state index in [-0.39, 0.29) is 5.25 Å². The van der Waals surface area contributed by atoms with Gasteiger partial charge in [-0.25, -0.2) is 8.42 Å². The highest BCUT2D eigenvalue weighted by molar-refractivity contribution is 7.91. The van der Waals surface area contributed by atoms with Gasteiger partial charge < -0.3 is 5.73 Å². The SMILES string of the molecule is CC(CN)N1CCC(S(C)(=O)=O)CC1. The van der Waals surface area contributed by atoms with E-state index in [1.54, 1.807) is 0 Å². The molecule has 0 spiro atoms. The van der Waals surface area contributed by atoms with Crippen molar-refractivity contribution in [1.29, 1.82) is 0 Å². The number of sulfone groups is 1. The van der Waals surface area contributed by atoms with Crippen molar-refractivity contribution in [2.75, 3.05) is 25.9 Å². The summed E-state index contributed by atoms with van der Waals surface area (Å²) in [4.78, 5) is 2.27. The van der Waals surface area contributed by atoms with Crippen LogP contribution in [0.4, 0.5) is 0 Å². The van der Waals surface area contributed by atoms with Crippen LogP contribution in [0.3, 0.4) is 0 Å². The maximum Gasteiger partial charge on any atom is 0.150 e. The summed E-state index contributed by atoms with van der Waals surface area (Å²) in [7, 11) is -2.84. The molecule has 1 aliphatic heterocycles. The molecule has 1 fully saturated rings. The Labute approximate surface area is 86.4 Å². The maximum absolute atomic E-state index is 11.3. The Morgan fingerprint density at radius 1 is 1.43 bits per heavy atom. The van der Waals surface area contributed by atoms with Crippen molar-refractivity contribution in [3.8, 4) is 0 Å². The molecule has 84 valence electrons. The summed E-state index contributed by atoms with van der Waals surface area (Å²) in [5.74, 6) is 0. The van der Waals surface area contributed by atoms with Crippen LogP contribution < -0.4 is 5.73 Å². The lowest BCUT2D eigenvalue weighted by molar-refractivity contribution is 0.179. The molecular formula is C9H20N2O2S. The summed E-state index contributed by atoms with van der Waals surface area (Å²) >= 11 is 0. The quantitative estimate of drug-likeness (QED) is 0.718. The molecule has 0 aromatic rings. The van der Waals surface area contributed by atoms with E-state index >= 15 is 0 Å². The molecule has 1 heterocycles. The van der Waals surface area contributed by atoms with Crippen LogP contribution in [0.1, 0.15) is 19.8 Å². The van der Waals surface area contributed by atoms with Crippen LogP contribution in [0.15, 0.2) is 0 Å². The molecular weight excluding hydrogens is 200 g/mol. The summed E-state index contributed by atoms with van der Waals surface area (Å²) < 4.78 is 22.6. The monoisotopic (exact) mass is 220 g/mol. The molecule has 0 saturated carbocycles. The van der Waals surface area contributed by atoms with Crippen LogP contribution >= 0.6 is 0 Å². The first-order valence-corrected chi connectivity index (χ1v) is 7.03. The Hall–Kier alpha value is -0.130. The smallest absolute Gasteiger partial charge is 0.150 e. The normalized spacial score (nSPS) is 23.6. The van der Waals surface area contributed by atoms with Crippen molar-refractivity contribution < 1.29 is 8.42 Å². The maximum atomic E-state index is 11.3. The van der Waals surface area contributed by atoms with Gasteiger partial charge >= 0.3 is 0 Å². The third kappa shape index (κ3) is 2.93. The fourth-order valence-corrected chi connectivity index (χ4v) is 2.96. The van der Waals surface area contributed by atoms with Crippen molar-refractivity contribution in [1.82, 2.24) is 4.90 Å². The summed E-state index contributed by atoms with van der Waals surface area (Å²) in [6, 6.07) is 0.371. The summed E-state index contributed by atoms with van der Waals surface area (Å²) in [6.45, 7) is 4.44. The van der Waals surface area contributed by atoms with Crippen molar-refractivity contribution in [2.45, 2.75) is 31.1 Å². The molecule has 1 saturated heterocycles. The lowest BCUT2D eigenvalue weighted by Crippen LogP contribution is -2.46. The number of nitrogens with two attached hydrogens (primary N) is 1. The Morgan fingerprint density at radius 2 is 1.93 bits per heavy atom. The van der Waals surface area contributed by atoms with E-state index in [0.717, 1.165) is 25.9 Å². The first-order valence-electron chi connectivity index (χ1n) is 5.08. The van der Waals surface area contributed by atoms with Crippen molar-refractivity contribution in [2.24, 2.45) is 5.73 Å². The zero-order valence-electron chi connectivity index (χ0n) is 8.94. The zero-order valence-corrected chi connectivity index (χ0v) is 9.76. The van der Waals surface area contributed by atoms with Gasteiger partial charge in [0.1, 0.15) is 9.84 Å². The van der Waals surface area contributed by atoms with Gasteiger partial charge in [-0.2, -0.15) is 0 Å². The fourth-order valence-electron chi connectivity index (χ4n) is 1.89. The molecule has 5 heteroatoms. The zero-order chi connectivity index (χ0) is 10.8. The van der Waals surface area contributed by atoms with E-state index in [9.17, 15) is 8.42 Å². The standard InChI is InChI=1S/C9H20N2O2S/c1-8(7-10)11-5-3-9(4-6-11)14(2,12)13/h8-9H,3-7,10H2,1-2H3. The highest BCUT2D eigenvalue weighted by Gasteiger charge is 2.27. The topological polar surface area (TPSA) is 63.4 Å². The first kappa shape index (κ1) is 11.9. The predicted octanol–water partition coefficient (Wildman–Crippen LogP) is -0.157. The molecule has 1 rings (SSSR count).